The molecule has 0 saturated carbocycles. The van der Waals surface area contributed by atoms with E-state index in [2.05, 4.69) is 10.6 Å². The number of hydrogen-bond donors (Lipinski definition) is 4. The van der Waals surface area contributed by atoms with Gasteiger partial charge < -0.3 is 10.6 Å². The van der Waals surface area contributed by atoms with E-state index in [4.69, 9.17) is 11.7 Å². The largest absolute Gasteiger partial charge is 0.386 e. The zero-order chi connectivity index (χ0) is 10.8. The van der Waals surface area contributed by atoms with E-state index in [0.29, 0.717) is 0 Å². The van der Waals surface area contributed by atoms with Crippen LogP contribution in [0.25, 0.3) is 0 Å². The smallest absolute Gasteiger partial charge is 0.173 e. The summed E-state index contributed by atoms with van der Waals surface area (Å²) in [4.78, 5) is 0. The van der Waals surface area contributed by atoms with Crippen LogP contribution in [0, 0.1) is 0 Å². The summed E-state index contributed by atoms with van der Waals surface area (Å²) in [6.45, 7) is 0. The van der Waals surface area contributed by atoms with Crippen molar-refractivity contribution in [2.45, 2.75) is 0 Å². The van der Waals surface area contributed by atoms with E-state index in [-0.39, 0.29) is 4.70 Å². The number of nitrogens with zero attached hydrogens (tertiary/aromatic N) is 1. The summed E-state index contributed by atoms with van der Waals surface area (Å²) in [6, 6.07) is 5.76. The van der Waals surface area contributed by atoms with Gasteiger partial charge in [-0.2, -0.15) is 11.7 Å². The molecule has 0 aliphatic heterocycles. The minimum absolute atomic E-state index is 0.168. The zero-order valence-electron chi connectivity index (χ0n) is 8.83. The van der Waals surface area contributed by atoms with Crippen LogP contribution < -0.4 is 27.0 Å². The highest BCUT2D eigenvalue weighted by atomic mass is 15.7. The molecule has 0 heterocycles. The highest BCUT2D eigenvalue weighted by Crippen LogP contribution is 2.26. The van der Waals surface area contributed by atoms with E-state index in [1.807, 2.05) is 32.3 Å². The van der Waals surface area contributed by atoms with Crippen LogP contribution in [0.5, 0.6) is 0 Å². The van der Waals surface area contributed by atoms with E-state index in [1.165, 1.54) is 0 Å². The Labute approximate surface area is 84.2 Å². The predicted octanol–water partition coefficient (Wildman–Crippen LogP) is 0.455. The second-order valence-corrected chi connectivity index (χ2v) is 3.38. The number of anilines is 2. The molecule has 1 aromatic carbocycles. The maximum atomic E-state index is 5.74. The first-order valence-electron chi connectivity index (χ1n) is 4.43. The second kappa shape index (κ2) is 3.83. The topological polar surface area (TPSA) is 76.1 Å². The molecule has 78 valence electrons. The van der Waals surface area contributed by atoms with E-state index in [1.54, 1.807) is 7.05 Å². The standard InChI is InChI=1S/C9H18N5/c1-12-8-5-4-7(14(3,10)11)6-9(8)13-2/h4-6,12-13H,10-11H2,1-3H3/q+1. The molecule has 0 bridgehead atoms. The number of nitrogens with two attached hydrogens (primary N) is 2. The van der Waals surface area contributed by atoms with Gasteiger partial charge in [0.2, 0.25) is 0 Å². The number of quaternary nitrogens is 1. The fourth-order valence-electron chi connectivity index (χ4n) is 1.26. The Morgan fingerprint density at radius 3 is 2.07 bits per heavy atom. The Bertz CT molecular complexity index is 315. The average molecular weight is 196 g/mol. The summed E-state index contributed by atoms with van der Waals surface area (Å²) in [6.07, 6.45) is 0. The molecular formula is C9H18N5+. The molecule has 0 unspecified atom stereocenters. The van der Waals surface area contributed by atoms with Crippen molar-refractivity contribution < 1.29 is 0 Å². The first-order valence-corrected chi connectivity index (χ1v) is 4.43. The minimum atomic E-state index is -0.168. The molecule has 1 rings (SSSR count). The molecule has 0 spiro atoms. The molecule has 0 saturated heterocycles. The molecule has 0 aliphatic rings. The minimum Gasteiger partial charge on any atom is -0.386 e. The first kappa shape index (κ1) is 10.8. The van der Waals surface area contributed by atoms with Crippen LogP contribution in [-0.2, 0) is 0 Å². The van der Waals surface area contributed by atoms with Crippen molar-refractivity contribution in [1.82, 2.24) is 4.70 Å². The molecular weight excluding hydrogens is 178 g/mol. The summed E-state index contributed by atoms with van der Waals surface area (Å²) in [5.41, 5.74) is 2.84. The molecule has 5 heteroatoms. The van der Waals surface area contributed by atoms with Gasteiger partial charge in [-0.25, -0.2) is 0 Å². The van der Waals surface area contributed by atoms with Gasteiger partial charge in [-0.05, 0) is 6.07 Å². The predicted molar refractivity (Wildman–Crippen MR) is 61.6 cm³/mol. The molecule has 14 heavy (non-hydrogen) atoms. The summed E-state index contributed by atoms with van der Waals surface area (Å²) in [5.74, 6) is 11.5. The SMILES string of the molecule is CNc1ccc([N+](C)(N)N)cc1NC. The van der Waals surface area contributed by atoms with Crippen molar-refractivity contribution in [2.24, 2.45) is 11.7 Å². The third kappa shape index (κ3) is 2.14. The van der Waals surface area contributed by atoms with E-state index in [9.17, 15) is 0 Å². The van der Waals surface area contributed by atoms with Crippen molar-refractivity contribution in [3.05, 3.63) is 18.2 Å². The van der Waals surface area contributed by atoms with Crippen molar-refractivity contribution in [3.8, 4) is 0 Å². The van der Waals surface area contributed by atoms with Crippen LogP contribution in [0.1, 0.15) is 0 Å². The Hall–Kier alpha value is -1.30. The Kier molecular flexibility index (Phi) is 2.95. The third-order valence-electron chi connectivity index (χ3n) is 2.10. The summed E-state index contributed by atoms with van der Waals surface area (Å²) < 4.78 is -0.168. The van der Waals surface area contributed by atoms with Gasteiger partial charge in [0.1, 0.15) is 7.05 Å². The van der Waals surface area contributed by atoms with Crippen molar-refractivity contribution >= 4 is 17.1 Å². The van der Waals surface area contributed by atoms with Gasteiger partial charge in [-0.3, -0.25) is 0 Å². The number of nitrogens with one attached hydrogen (secondary N) is 2. The fraction of sp³-hybridized carbons (Fsp3) is 0.333. The van der Waals surface area contributed by atoms with Crippen LogP contribution in [0.15, 0.2) is 18.2 Å². The molecule has 0 fully saturated rings. The summed E-state index contributed by atoms with van der Waals surface area (Å²) in [7, 11) is 5.44. The number of hydrogen-bond acceptors (Lipinski definition) is 4. The second-order valence-electron chi connectivity index (χ2n) is 3.38. The van der Waals surface area contributed by atoms with Gasteiger partial charge in [0.15, 0.2) is 5.69 Å². The van der Waals surface area contributed by atoms with Crippen LogP contribution >= 0.6 is 0 Å². The van der Waals surface area contributed by atoms with Crippen LogP contribution in [-0.4, -0.2) is 21.1 Å². The van der Waals surface area contributed by atoms with Crippen molar-refractivity contribution in [2.75, 3.05) is 31.8 Å². The lowest BCUT2D eigenvalue weighted by atomic mass is 10.2. The first-order chi connectivity index (χ1) is 6.49. The van der Waals surface area contributed by atoms with Gasteiger partial charge >= 0.3 is 0 Å². The lowest BCUT2D eigenvalue weighted by Crippen LogP contribution is -2.58. The van der Waals surface area contributed by atoms with Gasteiger partial charge in [0, 0.05) is 26.2 Å². The Morgan fingerprint density at radius 1 is 1.07 bits per heavy atom. The van der Waals surface area contributed by atoms with Gasteiger partial charge in [0.05, 0.1) is 11.4 Å². The molecule has 6 N–H and O–H groups in total. The highest BCUT2D eigenvalue weighted by Gasteiger charge is 2.16. The molecule has 1 aromatic rings. The number of rotatable bonds is 3. The summed E-state index contributed by atoms with van der Waals surface area (Å²) in [5, 5.41) is 6.15. The molecule has 0 radical (unpaired) electrons. The van der Waals surface area contributed by atoms with Crippen LogP contribution in [0.2, 0.25) is 0 Å². The molecule has 0 atom stereocenters. The lowest BCUT2D eigenvalue weighted by molar-refractivity contribution is 0.358. The van der Waals surface area contributed by atoms with Crippen molar-refractivity contribution in [1.29, 1.82) is 0 Å². The van der Waals surface area contributed by atoms with Crippen LogP contribution in [0.3, 0.4) is 0 Å². The quantitative estimate of drug-likeness (QED) is 0.322. The van der Waals surface area contributed by atoms with E-state index in [0.717, 1.165) is 17.1 Å². The maximum Gasteiger partial charge on any atom is 0.173 e. The van der Waals surface area contributed by atoms with E-state index < -0.39 is 0 Å². The zero-order valence-corrected chi connectivity index (χ0v) is 8.83. The third-order valence-corrected chi connectivity index (χ3v) is 2.10. The average Bonchev–Trinajstić information content (AvgIpc) is 2.15. The van der Waals surface area contributed by atoms with Gasteiger partial charge in [-0.15, -0.1) is 4.70 Å². The summed E-state index contributed by atoms with van der Waals surface area (Å²) >= 11 is 0. The van der Waals surface area contributed by atoms with Crippen LogP contribution in [0.4, 0.5) is 17.1 Å². The van der Waals surface area contributed by atoms with E-state index >= 15 is 0 Å². The molecule has 5 nitrogen and oxygen atoms in total. The monoisotopic (exact) mass is 196 g/mol. The lowest BCUT2D eigenvalue weighted by Gasteiger charge is -2.21. The fourth-order valence-corrected chi connectivity index (χ4v) is 1.26. The highest BCUT2D eigenvalue weighted by molar-refractivity contribution is 5.72. The van der Waals surface area contributed by atoms with Gasteiger partial charge in [0.25, 0.3) is 0 Å². The normalized spacial score (nSPS) is 11.2. The van der Waals surface area contributed by atoms with Crippen molar-refractivity contribution in [3.63, 3.8) is 0 Å². The molecule has 0 aromatic heterocycles. The maximum absolute atomic E-state index is 5.74. The van der Waals surface area contributed by atoms with Gasteiger partial charge in [-0.1, -0.05) is 0 Å². The number of benzene rings is 1. The Morgan fingerprint density at radius 2 is 1.64 bits per heavy atom. The molecule has 0 amide bonds. The molecule has 0 aliphatic carbocycles. The Balaban J connectivity index is 3.14.